The Labute approximate surface area is 124 Å². The lowest BCUT2D eigenvalue weighted by molar-refractivity contribution is 0.0962. The van der Waals surface area contributed by atoms with Gasteiger partial charge < -0.3 is 20.7 Å². The molecule has 0 unspecified atom stereocenters. The normalized spacial score (nSPS) is 10.2. The molecule has 0 aliphatic rings. The van der Waals surface area contributed by atoms with Gasteiger partial charge in [-0.2, -0.15) is 0 Å². The van der Waals surface area contributed by atoms with Crippen molar-refractivity contribution in [2.75, 3.05) is 37.9 Å². The lowest BCUT2D eigenvalue weighted by atomic mass is 10.3. The Morgan fingerprint density at radius 3 is 2.85 bits per heavy atom. The van der Waals surface area contributed by atoms with E-state index in [4.69, 9.17) is 10.5 Å². The van der Waals surface area contributed by atoms with Gasteiger partial charge in [0.25, 0.3) is 5.91 Å². The number of unbranched alkanes of at least 4 members (excludes halogenated alkanes) is 1. The van der Waals surface area contributed by atoms with Crippen LogP contribution in [0.4, 0.5) is 10.7 Å². The van der Waals surface area contributed by atoms with Gasteiger partial charge in [0, 0.05) is 20.1 Å². The van der Waals surface area contributed by atoms with Crippen LogP contribution in [-0.2, 0) is 0 Å². The number of nitrogens with zero attached hydrogens (tertiary/aromatic N) is 1. The summed E-state index contributed by atoms with van der Waals surface area (Å²) >= 11 is 1.36. The number of nitrogen functional groups attached to an aromatic ring is 1. The first kappa shape index (κ1) is 16.4. The molecule has 0 fully saturated rings. The molecule has 0 radical (unpaired) electrons. The highest BCUT2D eigenvalue weighted by Crippen LogP contribution is 2.44. The van der Waals surface area contributed by atoms with Gasteiger partial charge in [0.1, 0.15) is 15.6 Å². The smallest absolute Gasteiger partial charge is 0.263 e. The fourth-order valence-corrected chi connectivity index (χ4v) is 2.87. The predicted molar refractivity (Wildman–Crippen MR) is 86.0 cm³/mol. The third-order valence-electron chi connectivity index (χ3n) is 2.89. The molecule has 0 atom stereocenters. The summed E-state index contributed by atoms with van der Waals surface area (Å²) in [6.07, 6.45) is 3.82. The number of rotatable bonds is 8. The van der Waals surface area contributed by atoms with E-state index in [1.165, 1.54) is 11.3 Å². The molecule has 112 valence electrons. The zero-order valence-corrected chi connectivity index (χ0v) is 13.2. The Bertz CT molecular complexity index is 471. The number of amides is 1. The molecule has 1 aromatic heterocycles. The Balaban J connectivity index is 3.01. The Morgan fingerprint density at radius 1 is 1.60 bits per heavy atom. The van der Waals surface area contributed by atoms with Crippen molar-refractivity contribution >= 4 is 27.9 Å². The van der Waals surface area contributed by atoms with Gasteiger partial charge in [0.2, 0.25) is 0 Å². The van der Waals surface area contributed by atoms with Crippen molar-refractivity contribution < 1.29 is 9.53 Å². The molecule has 0 bridgehead atoms. The molecule has 0 spiro atoms. The van der Waals surface area contributed by atoms with Crippen molar-refractivity contribution in [2.45, 2.75) is 19.8 Å². The molecule has 6 heteroatoms. The zero-order valence-electron chi connectivity index (χ0n) is 12.4. The summed E-state index contributed by atoms with van der Waals surface area (Å²) < 4.78 is 5.36. The van der Waals surface area contributed by atoms with Gasteiger partial charge in [-0.15, -0.1) is 17.9 Å². The molecule has 0 saturated heterocycles. The van der Waals surface area contributed by atoms with Crippen LogP contribution >= 0.6 is 11.3 Å². The maximum absolute atomic E-state index is 12.0. The molecule has 1 heterocycles. The van der Waals surface area contributed by atoms with Crippen LogP contribution in [0.15, 0.2) is 12.7 Å². The lowest BCUT2D eigenvalue weighted by Gasteiger charge is -2.18. The fraction of sp³-hybridized carbons (Fsp3) is 0.500. The van der Waals surface area contributed by atoms with Gasteiger partial charge in [0.05, 0.1) is 7.11 Å². The minimum Gasteiger partial charge on any atom is -0.492 e. The van der Waals surface area contributed by atoms with Crippen molar-refractivity contribution in [3.05, 3.63) is 17.5 Å². The molecular formula is C14H23N3O2S. The molecule has 0 aliphatic carbocycles. The molecule has 0 saturated carbocycles. The van der Waals surface area contributed by atoms with Gasteiger partial charge >= 0.3 is 0 Å². The summed E-state index contributed by atoms with van der Waals surface area (Å²) in [6.45, 7) is 7.03. The van der Waals surface area contributed by atoms with Gasteiger partial charge in [-0.05, 0) is 6.42 Å². The van der Waals surface area contributed by atoms with Gasteiger partial charge in [0.15, 0.2) is 5.75 Å². The predicted octanol–water partition coefficient (Wildman–Crippen LogP) is 2.49. The van der Waals surface area contributed by atoms with Crippen LogP contribution in [0.1, 0.15) is 29.4 Å². The fourth-order valence-electron chi connectivity index (χ4n) is 1.78. The third kappa shape index (κ3) is 3.66. The summed E-state index contributed by atoms with van der Waals surface area (Å²) in [6, 6.07) is 0. The second-order valence-corrected chi connectivity index (χ2v) is 5.46. The van der Waals surface area contributed by atoms with E-state index in [9.17, 15) is 4.79 Å². The minimum absolute atomic E-state index is 0.194. The zero-order chi connectivity index (χ0) is 15.1. The number of hydrogen-bond donors (Lipinski definition) is 2. The Morgan fingerprint density at radius 2 is 2.30 bits per heavy atom. The first-order chi connectivity index (χ1) is 9.56. The van der Waals surface area contributed by atoms with Gasteiger partial charge in [-0.3, -0.25) is 4.79 Å². The number of nitrogens with two attached hydrogens (primary N) is 1. The van der Waals surface area contributed by atoms with Gasteiger partial charge in [-0.25, -0.2) is 0 Å². The first-order valence-corrected chi connectivity index (χ1v) is 7.44. The number of methoxy groups -OCH3 is 1. The topological polar surface area (TPSA) is 67.6 Å². The van der Waals surface area contributed by atoms with Crippen molar-refractivity contribution in [3.63, 3.8) is 0 Å². The van der Waals surface area contributed by atoms with Crippen molar-refractivity contribution in [1.82, 2.24) is 5.32 Å². The largest absolute Gasteiger partial charge is 0.492 e. The lowest BCUT2D eigenvalue weighted by Crippen LogP contribution is -2.23. The summed E-state index contributed by atoms with van der Waals surface area (Å²) in [7, 11) is 3.55. The number of thiophene rings is 1. The molecule has 20 heavy (non-hydrogen) atoms. The van der Waals surface area contributed by atoms with Crippen LogP contribution in [0.2, 0.25) is 0 Å². The molecular weight excluding hydrogens is 274 g/mol. The number of ether oxygens (including phenoxy) is 1. The van der Waals surface area contributed by atoms with Crippen molar-refractivity contribution in [1.29, 1.82) is 0 Å². The van der Waals surface area contributed by atoms with Crippen molar-refractivity contribution in [2.24, 2.45) is 0 Å². The van der Waals surface area contributed by atoms with E-state index in [1.807, 2.05) is 7.05 Å². The standard InChI is InChI=1S/C14H23N3O2S/c1-5-7-9-17(3)14-11(19-4)10(15)12(20-14)13(18)16-8-6-2/h6H,2,5,7-9,15H2,1,3-4H3,(H,16,18). The average molecular weight is 297 g/mol. The van der Waals surface area contributed by atoms with E-state index in [2.05, 4.69) is 23.7 Å². The van der Waals surface area contributed by atoms with Gasteiger partial charge in [-0.1, -0.05) is 19.4 Å². The molecule has 0 aromatic carbocycles. The van der Waals surface area contributed by atoms with Crippen LogP contribution < -0.4 is 20.7 Å². The van der Waals surface area contributed by atoms with E-state index in [0.717, 1.165) is 24.4 Å². The summed E-state index contributed by atoms with van der Waals surface area (Å²) in [4.78, 5) is 14.6. The van der Waals surface area contributed by atoms with Crippen LogP contribution in [0.25, 0.3) is 0 Å². The molecule has 1 rings (SSSR count). The van der Waals surface area contributed by atoms with Crippen LogP contribution in [0.5, 0.6) is 5.75 Å². The van der Waals surface area contributed by atoms with E-state index in [1.54, 1.807) is 13.2 Å². The summed E-state index contributed by atoms with van der Waals surface area (Å²) in [5.74, 6) is 0.387. The van der Waals surface area contributed by atoms with E-state index in [-0.39, 0.29) is 5.91 Å². The van der Waals surface area contributed by atoms with E-state index < -0.39 is 0 Å². The Hall–Kier alpha value is -1.69. The number of nitrogens with one attached hydrogen (secondary N) is 1. The highest BCUT2D eigenvalue weighted by molar-refractivity contribution is 7.19. The second kappa shape index (κ2) is 7.79. The van der Waals surface area contributed by atoms with E-state index in [0.29, 0.717) is 22.9 Å². The monoisotopic (exact) mass is 297 g/mol. The number of hydrogen-bond acceptors (Lipinski definition) is 5. The van der Waals surface area contributed by atoms with E-state index >= 15 is 0 Å². The maximum Gasteiger partial charge on any atom is 0.263 e. The number of carbonyl (C=O) groups excluding carboxylic acids is 1. The molecule has 3 N–H and O–H groups in total. The van der Waals surface area contributed by atoms with Crippen LogP contribution in [0, 0.1) is 0 Å². The molecule has 1 amide bonds. The molecule has 5 nitrogen and oxygen atoms in total. The average Bonchev–Trinajstić information content (AvgIpc) is 2.79. The SMILES string of the molecule is C=CCNC(=O)c1sc(N(C)CCCC)c(OC)c1N. The quantitative estimate of drug-likeness (QED) is 0.723. The highest BCUT2D eigenvalue weighted by atomic mass is 32.1. The molecule has 0 aliphatic heterocycles. The summed E-state index contributed by atoms with van der Waals surface area (Å²) in [5.41, 5.74) is 6.43. The van der Waals surface area contributed by atoms with Crippen LogP contribution in [-0.4, -0.2) is 33.2 Å². The maximum atomic E-state index is 12.0. The van der Waals surface area contributed by atoms with Crippen molar-refractivity contribution in [3.8, 4) is 5.75 Å². The summed E-state index contributed by atoms with van der Waals surface area (Å²) in [5, 5.41) is 3.63. The third-order valence-corrected chi connectivity index (χ3v) is 4.19. The number of carbonyl (C=O) groups is 1. The first-order valence-electron chi connectivity index (χ1n) is 6.63. The Kier molecular flexibility index (Phi) is 6.38. The second-order valence-electron chi connectivity index (χ2n) is 4.46. The van der Waals surface area contributed by atoms with Crippen LogP contribution in [0.3, 0.4) is 0 Å². The number of anilines is 2. The molecule has 1 aromatic rings. The minimum atomic E-state index is -0.194. The highest BCUT2D eigenvalue weighted by Gasteiger charge is 2.23.